The molecule has 0 amide bonds. The van der Waals surface area contributed by atoms with Crippen molar-refractivity contribution >= 4 is 16.3 Å². The molecule has 4 nitrogen and oxygen atoms in total. The van der Waals surface area contributed by atoms with Crippen LogP contribution in [0.1, 0.15) is 43.1 Å². The molecule has 2 aromatic heterocycles. The molecular weight excluding hydrogens is 210 g/mol. The third kappa shape index (κ3) is 1.66. The molecule has 2 aromatic rings. The zero-order valence-corrected chi connectivity index (χ0v) is 10.0. The Labute approximate surface area is 92.6 Å². The Morgan fingerprint density at radius 2 is 2.20 bits per heavy atom. The number of hydrogen-bond acceptors (Lipinski definition) is 4. The largest absolute Gasteiger partial charge is 0.390 e. The molecule has 0 aliphatic heterocycles. The van der Waals surface area contributed by atoms with E-state index in [1.807, 2.05) is 0 Å². The second-order valence-electron chi connectivity index (χ2n) is 3.80. The van der Waals surface area contributed by atoms with E-state index in [4.69, 9.17) is 0 Å². The molecule has 0 radical (unpaired) electrons. The van der Waals surface area contributed by atoms with Crippen LogP contribution >= 0.6 is 11.3 Å². The van der Waals surface area contributed by atoms with Crippen molar-refractivity contribution in [2.45, 2.75) is 39.7 Å². The highest BCUT2D eigenvalue weighted by molar-refractivity contribution is 7.16. The van der Waals surface area contributed by atoms with Gasteiger partial charge in [-0.25, -0.2) is 9.50 Å². The summed E-state index contributed by atoms with van der Waals surface area (Å²) in [7, 11) is 0. The van der Waals surface area contributed by atoms with Crippen molar-refractivity contribution in [3.8, 4) is 0 Å². The molecule has 5 heteroatoms. The van der Waals surface area contributed by atoms with E-state index in [2.05, 4.69) is 30.9 Å². The Morgan fingerprint density at radius 3 is 2.73 bits per heavy atom. The summed E-state index contributed by atoms with van der Waals surface area (Å²) in [6.45, 7) is 6.22. The molecule has 0 aliphatic carbocycles. The maximum atomic E-state index is 9.34. The molecule has 0 fully saturated rings. The topological polar surface area (TPSA) is 50.4 Å². The molecular formula is C10H15N3OS. The summed E-state index contributed by atoms with van der Waals surface area (Å²) in [6.07, 6.45) is 0.913. The van der Waals surface area contributed by atoms with Crippen molar-refractivity contribution in [1.82, 2.24) is 14.6 Å². The number of aromatic nitrogens is 3. The Bertz CT molecular complexity index is 472. The lowest BCUT2D eigenvalue weighted by Crippen LogP contribution is -2.00. The van der Waals surface area contributed by atoms with E-state index in [0.29, 0.717) is 5.92 Å². The summed E-state index contributed by atoms with van der Waals surface area (Å²) >= 11 is 1.59. The van der Waals surface area contributed by atoms with E-state index in [1.165, 1.54) is 0 Å². The average molecular weight is 225 g/mol. The van der Waals surface area contributed by atoms with Crippen LogP contribution in [0, 0.1) is 0 Å². The van der Waals surface area contributed by atoms with Gasteiger partial charge in [0.1, 0.15) is 5.01 Å². The molecule has 2 heterocycles. The zero-order chi connectivity index (χ0) is 11.0. The van der Waals surface area contributed by atoms with E-state index < -0.39 is 0 Å². The average Bonchev–Trinajstić information content (AvgIpc) is 2.72. The van der Waals surface area contributed by atoms with Gasteiger partial charge in [0, 0.05) is 0 Å². The fraction of sp³-hybridized carbons (Fsp3) is 0.600. The fourth-order valence-electron chi connectivity index (χ4n) is 1.60. The number of hydrogen-bond donors (Lipinski definition) is 1. The highest BCUT2D eigenvalue weighted by atomic mass is 32.1. The molecule has 0 atom stereocenters. The number of aliphatic hydroxyl groups is 1. The fourth-order valence-corrected chi connectivity index (χ4v) is 2.46. The van der Waals surface area contributed by atoms with Gasteiger partial charge < -0.3 is 5.11 Å². The van der Waals surface area contributed by atoms with E-state index in [9.17, 15) is 5.11 Å². The maximum absolute atomic E-state index is 9.34. The predicted molar refractivity (Wildman–Crippen MR) is 60.3 cm³/mol. The number of rotatable bonds is 3. The summed E-state index contributed by atoms with van der Waals surface area (Å²) in [5.74, 6) is 0.325. The molecule has 0 aromatic carbocycles. The molecule has 0 spiro atoms. The van der Waals surface area contributed by atoms with Gasteiger partial charge in [-0.2, -0.15) is 5.10 Å². The van der Waals surface area contributed by atoms with Crippen LogP contribution in [-0.2, 0) is 13.0 Å². The van der Waals surface area contributed by atoms with Crippen LogP contribution in [0.4, 0.5) is 0 Å². The minimum atomic E-state index is 0.00156. The van der Waals surface area contributed by atoms with Gasteiger partial charge in [0.05, 0.1) is 18.0 Å². The molecule has 82 valence electrons. The lowest BCUT2D eigenvalue weighted by molar-refractivity contribution is 0.272. The van der Waals surface area contributed by atoms with E-state index in [0.717, 1.165) is 27.8 Å². The highest BCUT2D eigenvalue weighted by Crippen LogP contribution is 2.24. The van der Waals surface area contributed by atoms with Crippen molar-refractivity contribution in [3.63, 3.8) is 0 Å². The molecule has 1 N–H and O–H groups in total. The summed E-state index contributed by atoms with van der Waals surface area (Å²) in [5, 5.41) is 14.8. The van der Waals surface area contributed by atoms with Crippen LogP contribution in [0.3, 0.4) is 0 Å². The first-order chi connectivity index (χ1) is 7.17. The van der Waals surface area contributed by atoms with Crippen molar-refractivity contribution < 1.29 is 5.11 Å². The standard InChI is InChI=1S/C10H15N3OS/c1-4-8-12-13-7(5-14)9(6(2)3)11-10(13)15-8/h6,14H,4-5H2,1-3H3. The first-order valence-electron chi connectivity index (χ1n) is 5.15. The van der Waals surface area contributed by atoms with Crippen LogP contribution in [-0.4, -0.2) is 19.7 Å². The third-order valence-electron chi connectivity index (χ3n) is 2.37. The summed E-state index contributed by atoms with van der Waals surface area (Å²) in [6, 6.07) is 0. The van der Waals surface area contributed by atoms with Crippen molar-refractivity contribution in [1.29, 1.82) is 0 Å². The first-order valence-corrected chi connectivity index (χ1v) is 5.97. The summed E-state index contributed by atoms with van der Waals surface area (Å²) in [5.41, 5.74) is 1.79. The van der Waals surface area contributed by atoms with E-state index in [-0.39, 0.29) is 6.61 Å². The summed E-state index contributed by atoms with van der Waals surface area (Å²) in [4.78, 5) is 5.40. The monoisotopic (exact) mass is 225 g/mol. The Hall–Kier alpha value is -0.940. The van der Waals surface area contributed by atoms with Gasteiger partial charge in [-0.3, -0.25) is 0 Å². The molecule has 0 aliphatic rings. The van der Waals surface area contributed by atoms with Crippen LogP contribution in [0.5, 0.6) is 0 Å². The minimum absolute atomic E-state index is 0.00156. The third-order valence-corrected chi connectivity index (χ3v) is 3.42. The van der Waals surface area contributed by atoms with Crippen LogP contribution in [0.2, 0.25) is 0 Å². The SMILES string of the molecule is CCc1nn2c(CO)c(C(C)C)nc2s1. The van der Waals surface area contributed by atoms with Gasteiger partial charge in [0.2, 0.25) is 4.96 Å². The maximum Gasteiger partial charge on any atom is 0.212 e. The van der Waals surface area contributed by atoms with Crippen molar-refractivity contribution in [2.75, 3.05) is 0 Å². The van der Waals surface area contributed by atoms with Crippen LogP contribution < -0.4 is 0 Å². The number of imidazole rings is 1. The van der Waals surface area contributed by atoms with Crippen molar-refractivity contribution in [2.24, 2.45) is 0 Å². The Balaban J connectivity index is 2.61. The van der Waals surface area contributed by atoms with Gasteiger partial charge in [-0.1, -0.05) is 32.1 Å². The molecule has 0 saturated heterocycles. The first kappa shape index (κ1) is 10.6. The summed E-state index contributed by atoms with van der Waals surface area (Å²) < 4.78 is 1.78. The van der Waals surface area contributed by atoms with E-state index in [1.54, 1.807) is 15.9 Å². The normalized spacial score (nSPS) is 11.8. The lowest BCUT2D eigenvalue weighted by atomic mass is 10.1. The lowest BCUT2D eigenvalue weighted by Gasteiger charge is -2.02. The number of nitrogens with zero attached hydrogens (tertiary/aromatic N) is 3. The molecule has 2 rings (SSSR count). The second kappa shape index (κ2) is 3.90. The van der Waals surface area contributed by atoms with Gasteiger partial charge in [0.25, 0.3) is 0 Å². The van der Waals surface area contributed by atoms with Crippen LogP contribution in [0.25, 0.3) is 4.96 Å². The van der Waals surface area contributed by atoms with Gasteiger partial charge >= 0.3 is 0 Å². The quantitative estimate of drug-likeness (QED) is 0.868. The van der Waals surface area contributed by atoms with Crippen molar-refractivity contribution in [3.05, 3.63) is 16.4 Å². The predicted octanol–water partition coefficient (Wildman–Crippen LogP) is 1.97. The molecule has 15 heavy (non-hydrogen) atoms. The van der Waals surface area contributed by atoms with Crippen LogP contribution in [0.15, 0.2) is 0 Å². The Morgan fingerprint density at radius 1 is 1.47 bits per heavy atom. The molecule has 0 saturated carbocycles. The number of fused-ring (bicyclic) bond motifs is 1. The number of aliphatic hydroxyl groups excluding tert-OH is 1. The number of aryl methyl sites for hydroxylation is 1. The Kier molecular flexibility index (Phi) is 2.75. The second-order valence-corrected chi connectivity index (χ2v) is 4.84. The highest BCUT2D eigenvalue weighted by Gasteiger charge is 2.17. The molecule has 0 unspecified atom stereocenters. The molecule has 0 bridgehead atoms. The zero-order valence-electron chi connectivity index (χ0n) is 9.19. The minimum Gasteiger partial charge on any atom is -0.390 e. The van der Waals surface area contributed by atoms with E-state index >= 15 is 0 Å². The smallest absolute Gasteiger partial charge is 0.212 e. The van der Waals surface area contributed by atoms with Gasteiger partial charge in [0.15, 0.2) is 0 Å². The van der Waals surface area contributed by atoms with Gasteiger partial charge in [-0.05, 0) is 12.3 Å². The van der Waals surface area contributed by atoms with Gasteiger partial charge in [-0.15, -0.1) is 0 Å².